The van der Waals surface area contributed by atoms with E-state index in [1.165, 1.54) is 20.9 Å². The van der Waals surface area contributed by atoms with Gasteiger partial charge < -0.3 is 10.6 Å². The van der Waals surface area contributed by atoms with Crippen LogP contribution in [0, 0.1) is 55.4 Å². The van der Waals surface area contributed by atoms with Crippen LogP contribution in [0.25, 0.3) is 0 Å². The molecule has 0 aliphatic carbocycles. The number of benzene rings is 2. The van der Waals surface area contributed by atoms with Gasteiger partial charge in [0.25, 0.3) is 11.8 Å². The molecule has 2 aromatic carbocycles. The molecule has 0 spiro atoms. The van der Waals surface area contributed by atoms with Crippen molar-refractivity contribution in [3.8, 4) is 0 Å². The van der Waals surface area contributed by atoms with E-state index in [0.29, 0.717) is 33.6 Å². The zero-order valence-electron chi connectivity index (χ0n) is 22.1. The maximum Gasteiger partial charge on any atom is 0.261 e. The number of hydrogen-bond acceptors (Lipinski definition) is 4. The summed E-state index contributed by atoms with van der Waals surface area (Å²) in [7, 11) is 1.46. The molecular weight excluding hydrogens is 430 g/mol. The quantitative estimate of drug-likeness (QED) is 0.622. The Hall–Kier alpha value is -3.48. The lowest BCUT2D eigenvalue weighted by molar-refractivity contribution is -0.115. The monoisotopic (exact) mass is 465 g/mol. The fraction of sp³-hybridized carbons (Fsp3) is 0.407. The van der Waals surface area contributed by atoms with Gasteiger partial charge >= 0.3 is 0 Å². The first kappa shape index (κ1) is 26.8. The number of hydrogen-bond donors (Lipinski definition) is 2. The third kappa shape index (κ3) is 4.60. The van der Waals surface area contributed by atoms with Crippen molar-refractivity contribution in [2.45, 2.75) is 69.2 Å². The smallest absolute Gasteiger partial charge is 0.261 e. The number of nitrogens with one attached hydrogen (secondary N) is 2. The number of amides is 4. The number of carbonyl (C=O) groups is 4. The van der Waals surface area contributed by atoms with Crippen LogP contribution < -0.4 is 10.6 Å². The van der Waals surface area contributed by atoms with Gasteiger partial charge in [-0.05, 0) is 99.9 Å². The van der Waals surface area contributed by atoms with Gasteiger partial charge in [0.2, 0.25) is 11.8 Å². The normalized spacial score (nSPS) is 10.7. The van der Waals surface area contributed by atoms with Crippen LogP contribution in [0.1, 0.15) is 79.1 Å². The molecule has 0 atom stereocenters. The molecule has 0 aliphatic heterocycles. The molecule has 2 N–H and O–H groups in total. The van der Waals surface area contributed by atoms with Crippen LogP contribution in [0.15, 0.2) is 0 Å². The molecule has 0 saturated heterocycles. The average molecular weight is 466 g/mol. The fourth-order valence-electron chi connectivity index (χ4n) is 4.48. The van der Waals surface area contributed by atoms with Crippen LogP contribution in [-0.4, -0.2) is 35.6 Å². The number of anilines is 2. The molecule has 7 nitrogen and oxygen atoms in total. The standard InChI is InChI=1S/C27H35N3O4/c1-12-14(3)22(18(7)24(16(12)5)28-20(9)31)26(33)30(11)27(34)23-15(4)13(2)17(6)25(19(23)8)29-21(10)32/h1-11H3,(H,28,31)(H,29,32). The molecule has 2 aromatic rings. The Kier molecular flexibility index (Phi) is 7.71. The maximum atomic E-state index is 13.7. The van der Waals surface area contributed by atoms with Crippen molar-refractivity contribution in [1.82, 2.24) is 4.90 Å². The van der Waals surface area contributed by atoms with Gasteiger partial charge in [-0.15, -0.1) is 0 Å². The van der Waals surface area contributed by atoms with E-state index in [1.807, 2.05) is 41.5 Å². The molecule has 34 heavy (non-hydrogen) atoms. The lowest BCUT2D eigenvalue weighted by Gasteiger charge is -2.25. The first-order valence-corrected chi connectivity index (χ1v) is 11.2. The predicted octanol–water partition coefficient (Wildman–Crippen LogP) is 4.98. The molecule has 0 unspecified atom stereocenters. The van der Waals surface area contributed by atoms with E-state index in [1.54, 1.807) is 13.8 Å². The van der Waals surface area contributed by atoms with Gasteiger partial charge in [-0.1, -0.05) is 0 Å². The fourth-order valence-corrected chi connectivity index (χ4v) is 4.48. The summed E-state index contributed by atoms with van der Waals surface area (Å²) in [5.41, 5.74) is 8.26. The molecule has 7 heteroatoms. The van der Waals surface area contributed by atoms with Crippen LogP contribution in [0.5, 0.6) is 0 Å². The van der Waals surface area contributed by atoms with E-state index < -0.39 is 11.8 Å². The first-order valence-electron chi connectivity index (χ1n) is 11.2. The van der Waals surface area contributed by atoms with Crippen molar-refractivity contribution in [1.29, 1.82) is 0 Å². The highest BCUT2D eigenvalue weighted by Crippen LogP contribution is 2.34. The Morgan fingerprint density at radius 2 is 0.794 bits per heavy atom. The second-order valence-electron chi connectivity index (χ2n) is 9.03. The molecule has 0 fully saturated rings. The van der Waals surface area contributed by atoms with Gasteiger partial charge in [0.1, 0.15) is 0 Å². The van der Waals surface area contributed by atoms with E-state index in [0.717, 1.165) is 38.3 Å². The number of imide groups is 1. The Labute approximate surface area is 201 Å². The molecule has 0 aliphatic rings. The Bertz CT molecular complexity index is 1150. The van der Waals surface area contributed by atoms with Crippen LogP contribution in [0.2, 0.25) is 0 Å². The zero-order chi connectivity index (χ0) is 26.2. The van der Waals surface area contributed by atoms with Gasteiger partial charge in [-0.2, -0.15) is 0 Å². The highest BCUT2D eigenvalue weighted by molar-refractivity contribution is 6.14. The van der Waals surface area contributed by atoms with Crippen molar-refractivity contribution in [3.05, 3.63) is 55.6 Å². The van der Waals surface area contributed by atoms with Crippen molar-refractivity contribution < 1.29 is 19.2 Å². The third-order valence-corrected chi connectivity index (χ3v) is 6.89. The zero-order valence-corrected chi connectivity index (χ0v) is 22.1. The van der Waals surface area contributed by atoms with Gasteiger partial charge in [0, 0.05) is 43.4 Å². The van der Waals surface area contributed by atoms with Crippen LogP contribution in [0.3, 0.4) is 0 Å². The summed E-state index contributed by atoms with van der Waals surface area (Å²) >= 11 is 0. The van der Waals surface area contributed by atoms with Crippen LogP contribution in [-0.2, 0) is 9.59 Å². The van der Waals surface area contributed by atoms with Crippen LogP contribution in [0.4, 0.5) is 11.4 Å². The van der Waals surface area contributed by atoms with E-state index in [2.05, 4.69) is 10.6 Å². The summed E-state index contributed by atoms with van der Waals surface area (Å²) in [4.78, 5) is 52.0. The third-order valence-electron chi connectivity index (χ3n) is 6.89. The average Bonchev–Trinajstić information content (AvgIpc) is 2.76. The number of rotatable bonds is 4. The Morgan fingerprint density at radius 3 is 1.06 bits per heavy atom. The maximum absolute atomic E-state index is 13.7. The molecule has 0 bridgehead atoms. The van der Waals surface area contributed by atoms with E-state index in [9.17, 15) is 19.2 Å². The second-order valence-corrected chi connectivity index (χ2v) is 9.03. The minimum Gasteiger partial charge on any atom is -0.326 e. The highest BCUT2D eigenvalue weighted by Gasteiger charge is 2.29. The second kappa shape index (κ2) is 9.79. The summed E-state index contributed by atoms with van der Waals surface area (Å²) < 4.78 is 0. The van der Waals surface area contributed by atoms with E-state index >= 15 is 0 Å². The summed E-state index contributed by atoms with van der Waals surface area (Å²) in [5.74, 6) is -1.37. The molecule has 2 rings (SSSR count). The van der Waals surface area contributed by atoms with E-state index in [-0.39, 0.29) is 11.8 Å². The Balaban J connectivity index is 2.68. The Morgan fingerprint density at radius 1 is 0.500 bits per heavy atom. The molecular formula is C27H35N3O4. The van der Waals surface area contributed by atoms with Crippen LogP contribution >= 0.6 is 0 Å². The largest absolute Gasteiger partial charge is 0.326 e. The summed E-state index contributed by atoms with van der Waals surface area (Å²) in [6, 6.07) is 0. The van der Waals surface area contributed by atoms with Crippen molar-refractivity contribution in [3.63, 3.8) is 0 Å². The number of carbonyl (C=O) groups excluding carboxylic acids is 4. The molecule has 0 aromatic heterocycles. The molecule has 0 radical (unpaired) electrons. The summed E-state index contributed by atoms with van der Waals surface area (Å²) in [6.07, 6.45) is 0. The summed E-state index contributed by atoms with van der Waals surface area (Å²) in [5, 5.41) is 5.65. The van der Waals surface area contributed by atoms with Gasteiger partial charge in [0.15, 0.2) is 0 Å². The van der Waals surface area contributed by atoms with Gasteiger partial charge in [0.05, 0.1) is 0 Å². The lowest BCUT2D eigenvalue weighted by atomic mass is 9.89. The van der Waals surface area contributed by atoms with Crippen molar-refractivity contribution >= 4 is 35.0 Å². The molecule has 0 heterocycles. The molecule has 0 saturated carbocycles. The van der Waals surface area contributed by atoms with Crippen molar-refractivity contribution in [2.24, 2.45) is 0 Å². The van der Waals surface area contributed by atoms with E-state index in [4.69, 9.17) is 0 Å². The van der Waals surface area contributed by atoms with Gasteiger partial charge in [-0.3, -0.25) is 24.1 Å². The summed E-state index contributed by atoms with van der Waals surface area (Å²) in [6.45, 7) is 17.7. The number of nitrogens with zero attached hydrogens (tertiary/aromatic N) is 1. The molecule has 182 valence electrons. The first-order chi connectivity index (χ1) is 15.6. The van der Waals surface area contributed by atoms with Gasteiger partial charge in [-0.25, -0.2) is 0 Å². The SMILES string of the molecule is CC(=O)Nc1c(C)c(C)c(C)c(C(=O)N(C)C(=O)c2c(C)c(C)c(C)c(NC(C)=O)c2C)c1C. The molecule has 4 amide bonds. The minimum absolute atomic E-state index is 0.232. The predicted molar refractivity (Wildman–Crippen MR) is 136 cm³/mol. The van der Waals surface area contributed by atoms with Crippen molar-refractivity contribution in [2.75, 3.05) is 17.7 Å². The topological polar surface area (TPSA) is 95.6 Å². The lowest BCUT2D eigenvalue weighted by Crippen LogP contribution is -2.35. The highest BCUT2D eigenvalue weighted by atomic mass is 16.2. The minimum atomic E-state index is -0.451.